The quantitative estimate of drug-likeness (QED) is 0.477. The van der Waals surface area contributed by atoms with Gasteiger partial charge < -0.3 is 14.5 Å². The van der Waals surface area contributed by atoms with Crippen molar-refractivity contribution < 1.29 is 19.1 Å². The Morgan fingerprint density at radius 1 is 0.903 bits per heavy atom. The summed E-state index contributed by atoms with van der Waals surface area (Å²) in [6, 6.07) is 10.2. The Bertz CT molecular complexity index is 989. The van der Waals surface area contributed by atoms with E-state index in [1.165, 1.54) is 15.9 Å². The molecule has 0 heterocycles. The summed E-state index contributed by atoms with van der Waals surface area (Å²) in [6.45, 7) is 2.05. The minimum Gasteiger partial charge on any atom is -0.496 e. The molecule has 0 unspecified atom stereocenters. The van der Waals surface area contributed by atoms with Gasteiger partial charge in [0.15, 0.2) is 5.78 Å². The molecule has 0 radical (unpaired) electrons. The van der Waals surface area contributed by atoms with Crippen molar-refractivity contribution in [1.82, 2.24) is 9.80 Å². The topological polar surface area (TPSA) is 66.9 Å². The Labute approximate surface area is 184 Å². The highest BCUT2D eigenvalue weighted by atomic mass is 16.5. The Morgan fingerprint density at radius 3 is 2.00 bits per heavy atom. The highest BCUT2D eigenvalue weighted by Crippen LogP contribution is 2.27. The molecule has 164 valence electrons. The number of hydrogen-bond acceptors (Lipinski definition) is 4. The van der Waals surface area contributed by atoms with Crippen molar-refractivity contribution in [2.24, 2.45) is 0 Å². The van der Waals surface area contributed by atoms with Gasteiger partial charge in [-0.2, -0.15) is 0 Å². The number of benzene rings is 2. The molecule has 0 atom stereocenters. The Balaban J connectivity index is 2.33. The number of amides is 2. The molecule has 31 heavy (non-hydrogen) atoms. The second-order valence-corrected chi connectivity index (χ2v) is 7.68. The zero-order valence-corrected chi connectivity index (χ0v) is 19.1. The van der Waals surface area contributed by atoms with E-state index in [9.17, 15) is 14.4 Å². The lowest BCUT2D eigenvalue weighted by molar-refractivity contribution is 0.0819. The molecule has 2 rings (SSSR count). The lowest BCUT2D eigenvalue weighted by Crippen LogP contribution is -2.23. The van der Waals surface area contributed by atoms with Crippen molar-refractivity contribution in [1.29, 1.82) is 0 Å². The number of rotatable bonds is 8. The van der Waals surface area contributed by atoms with Gasteiger partial charge >= 0.3 is 0 Å². The Hall–Kier alpha value is -3.41. The molecule has 0 aliphatic heterocycles. The number of hydrogen-bond donors (Lipinski definition) is 0. The minimum absolute atomic E-state index is 0.0827. The first-order valence-electron chi connectivity index (χ1n) is 10.2. The molecule has 0 saturated carbocycles. The predicted octanol–water partition coefficient (Wildman–Crippen LogP) is 3.95. The lowest BCUT2D eigenvalue weighted by Gasteiger charge is -2.17. The normalized spacial score (nSPS) is 10.8. The first-order chi connectivity index (χ1) is 14.7. The average molecular weight is 423 g/mol. The van der Waals surface area contributed by atoms with Crippen LogP contribution < -0.4 is 4.74 Å². The van der Waals surface area contributed by atoms with Crippen molar-refractivity contribution in [2.75, 3.05) is 35.3 Å². The van der Waals surface area contributed by atoms with Gasteiger partial charge in [0.05, 0.1) is 7.11 Å². The lowest BCUT2D eigenvalue weighted by atomic mass is 9.97. The van der Waals surface area contributed by atoms with Crippen molar-refractivity contribution in [3.63, 3.8) is 0 Å². The molecular formula is C25H30N2O4. The van der Waals surface area contributed by atoms with E-state index in [1.807, 2.05) is 6.07 Å². The number of ketones is 1. The van der Waals surface area contributed by atoms with Gasteiger partial charge in [-0.05, 0) is 48.4 Å². The predicted molar refractivity (Wildman–Crippen MR) is 123 cm³/mol. The largest absolute Gasteiger partial charge is 0.496 e. The van der Waals surface area contributed by atoms with E-state index in [2.05, 4.69) is 6.92 Å². The van der Waals surface area contributed by atoms with Crippen LogP contribution in [0, 0.1) is 0 Å². The number of nitrogens with zero attached hydrogens (tertiary/aromatic N) is 2. The van der Waals surface area contributed by atoms with Crippen LogP contribution in [0.2, 0.25) is 0 Å². The van der Waals surface area contributed by atoms with Crippen LogP contribution in [-0.4, -0.2) is 62.7 Å². The van der Waals surface area contributed by atoms with Crippen LogP contribution in [0.1, 0.15) is 55.5 Å². The third kappa shape index (κ3) is 5.81. The second kappa shape index (κ2) is 10.6. The fourth-order valence-corrected chi connectivity index (χ4v) is 3.16. The summed E-state index contributed by atoms with van der Waals surface area (Å²) in [6.07, 6.45) is 4.81. The molecule has 0 aromatic heterocycles. The van der Waals surface area contributed by atoms with Gasteiger partial charge in [-0.1, -0.05) is 25.5 Å². The summed E-state index contributed by atoms with van der Waals surface area (Å²) in [5, 5.41) is 0. The van der Waals surface area contributed by atoms with E-state index in [0.29, 0.717) is 22.4 Å². The van der Waals surface area contributed by atoms with Gasteiger partial charge in [0.25, 0.3) is 11.8 Å². The molecule has 0 N–H and O–H groups in total. The molecule has 0 spiro atoms. The van der Waals surface area contributed by atoms with Crippen molar-refractivity contribution in [3.8, 4) is 5.75 Å². The third-order valence-corrected chi connectivity index (χ3v) is 4.85. The van der Waals surface area contributed by atoms with Crippen molar-refractivity contribution in [3.05, 3.63) is 70.3 Å². The van der Waals surface area contributed by atoms with Crippen molar-refractivity contribution in [2.45, 2.75) is 19.8 Å². The summed E-state index contributed by atoms with van der Waals surface area (Å²) in [7, 11) is 8.34. The zero-order valence-electron chi connectivity index (χ0n) is 19.1. The fraction of sp³-hybridized carbons (Fsp3) is 0.320. The molecule has 2 aromatic carbocycles. The molecule has 6 nitrogen and oxygen atoms in total. The molecule has 0 saturated heterocycles. The molecule has 0 aliphatic carbocycles. The van der Waals surface area contributed by atoms with E-state index in [4.69, 9.17) is 4.74 Å². The van der Waals surface area contributed by atoms with Crippen LogP contribution in [0.25, 0.3) is 6.08 Å². The van der Waals surface area contributed by atoms with Gasteiger partial charge in [-0.25, -0.2) is 0 Å². The maximum absolute atomic E-state index is 12.6. The van der Waals surface area contributed by atoms with Crippen LogP contribution in [0.4, 0.5) is 0 Å². The van der Waals surface area contributed by atoms with Gasteiger partial charge in [-0.15, -0.1) is 0 Å². The number of carbonyl (C=O) groups excluding carboxylic acids is 3. The number of methoxy groups -OCH3 is 1. The van der Waals surface area contributed by atoms with E-state index in [1.54, 1.807) is 71.7 Å². The first-order valence-corrected chi connectivity index (χ1v) is 10.2. The summed E-state index contributed by atoms with van der Waals surface area (Å²) in [5.74, 6) is 0.147. The molecule has 6 heteroatoms. The van der Waals surface area contributed by atoms with Gasteiger partial charge in [-0.3, -0.25) is 14.4 Å². The van der Waals surface area contributed by atoms with E-state index >= 15 is 0 Å². The average Bonchev–Trinajstić information content (AvgIpc) is 2.76. The highest BCUT2D eigenvalue weighted by molar-refractivity contribution is 6.07. The molecule has 2 amide bonds. The van der Waals surface area contributed by atoms with Crippen molar-refractivity contribution >= 4 is 23.7 Å². The Morgan fingerprint density at radius 2 is 1.48 bits per heavy atom. The SMILES string of the molecule is CCCc1cc(C=CC(=O)c2ccc(C(=O)N(C)C)cc2)c(OC)cc1C(=O)N(C)C. The van der Waals surface area contributed by atoms with E-state index in [0.717, 1.165) is 24.0 Å². The van der Waals surface area contributed by atoms with Gasteiger partial charge in [0.2, 0.25) is 0 Å². The summed E-state index contributed by atoms with van der Waals surface area (Å²) < 4.78 is 5.48. The van der Waals surface area contributed by atoms with Crippen LogP contribution in [0.3, 0.4) is 0 Å². The van der Waals surface area contributed by atoms with E-state index in [-0.39, 0.29) is 17.6 Å². The molecule has 0 fully saturated rings. The van der Waals surface area contributed by atoms with Crippen LogP contribution in [-0.2, 0) is 6.42 Å². The molecular weight excluding hydrogens is 392 g/mol. The second-order valence-electron chi connectivity index (χ2n) is 7.68. The number of ether oxygens (including phenoxy) is 1. The molecule has 0 bridgehead atoms. The highest BCUT2D eigenvalue weighted by Gasteiger charge is 2.17. The zero-order chi connectivity index (χ0) is 23.1. The third-order valence-electron chi connectivity index (χ3n) is 4.85. The minimum atomic E-state index is -0.184. The number of carbonyl (C=O) groups is 3. The number of aryl methyl sites for hydroxylation is 1. The van der Waals surface area contributed by atoms with Gasteiger partial charge in [0, 0.05) is 50.4 Å². The maximum atomic E-state index is 12.6. The molecule has 2 aromatic rings. The summed E-state index contributed by atoms with van der Waals surface area (Å²) >= 11 is 0. The first kappa shape index (κ1) is 23.9. The van der Waals surface area contributed by atoms with Crippen LogP contribution in [0.15, 0.2) is 42.5 Å². The standard InChI is InChI=1S/C25H30N2O4/c1-7-8-19-15-20(23(31-6)16-21(19)25(30)27(4)5)13-14-22(28)17-9-11-18(12-10-17)24(29)26(2)3/h9-16H,7-8H2,1-6H3. The van der Waals surface area contributed by atoms with Crippen LogP contribution in [0.5, 0.6) is 5.75 Å². The monoisotopic (exact) mass is 422 g/mol. The fourth-order valence-electron chi connectivity index (χ4n) is 3.16. The molecule has 0 aliphatic rings. The summed E-state index contributed by atoms with van der Waals surface area (Å²) in [5.41, 5.74) is 3.26. The van der Waals surface area contributed by atoms with Crippen LogP contribution >= 0.6 is 0 Å². The number of allylic oxidation sites excluding steroid dienone is 1. The smallest absolute Gasteiger partial charge is 0.253 e. The summed E-state index contributed by atoms with van der Waals surface area (Å²) in [4.78, 5) is 40.2. The Kier molecular flexibility index (Phi) is 8.14. The van der Waals surface area contributed by atoms with E-state index < -0.39 is 0 Å². The van der Waals surface area contributed by atoms with Gasteiger partial charge in [0.1, 0.15) is 5.75 Å². The maximum Gasteiger partial charge on any atom is 0.253 e.